The zero-order valence-corrected chi connectivity index (χ0v) is 22.0. The van der Waals surface area contributed by atoms with Gasteiger partial charge in [-0.2, -0.15) is 4.31 Å². The summed E-state index contributed by atoms with van der Waals surface area (Å²) in [6.45, 7) is 7.28. The standard InChI is InChI=1S/C27H33FN2O5S/c1-18(2)9-10-21-11-12-26-24(13-21)35-25(19(3)15-30(20(4)17-31)36(26,33)34)16-29(5)27(32)22-7-6-8-23(28)14-22/h6-8,11-14,18-20,25,31H,15-17H2,1-5H3/t19-,20-,25+/m0/s1. The second-order valence-electron chi connectivity index (χ2n) is 9.52. The van der Waals surface area contributed by atoms with Crippen LogP contribution >= 0.6 is 0 Å². The highest BCUT2D eigenvalue weighted by Gasteiger charge is 2.38. The van der Waals surface area contributed by atoms with Crippen molar-refractivity contribution in [3.8, 4) is 17.6 Å². The van der Waals surface area contributed by atoms with Crippen LogP contribution in [0, 0.1) is 29.5 Å². The fourth-order valence-corrected chi connectivity index (χ4v) is 5.77. The van der Waals surface area contributed by atoms with Gasteiger partial charge in [0.1, 0.15) is 22.6 Å². The van der Waals surface area contributed by atoms with E-state index in [0.29, 0.717) is 5.56 Å². The summed E-state index contributed by atoms with van der Waals surface area (Å²) in [4.78, 5) is 14.4. The van der Waals surface area contributed by atoms with E-state index in [1.165, 1.54) is 39.5 Å². The number of amides is 1. The third-order valence-corrected chi connectivity index (χ3v) is 8.06. The molecule has 0 unspecified atom stereocenters. The molecule has 1 aliphatic heterocycles. The van der Waals surface area contributed by atoms with E-state index in [1.54, 1.807) is 26.1 Å². The van der Waals surface area contributed by atoms with Crippen LogP contribution < -0.4 is 4.74 Å². The predicted molar refractivity (Wildman–Crippen MR) is 136 cm³/mol. The molecule has 0 spiro atoms. The lowest BCUT2D eigenvalue weighted by Crippen LogP contribution is -2.50. The number of hydrogen-bond acceptors (Lipinski definition) is 5. The Balaban J connectivity index is 2.02. The Morgan fingerprint density at radius 2 is 1.97 bits per heavy atom. The first-order valence-electron chi connectivity index (χ1n) is 11.9. The molecule has 3 rings (SSSR count). The molecule has 194 valence electrons. The minimum Gasteiger partial charge on any atom is -0.487 e. The van der Waals surface area contributed by atoms with Crippen molar-refractivity contribution in [3.05, 3.63) is 59.4 Å². The van der Waals surface area contributed by atoms with E-state index in [1.807, 2.05) is 20.8 Å². The molecule has 0 radical (unpaired) electrons. The van der Waals surface area contributed by atoms with Crippen molar-refractivity contribution in [2.45, 2.75) is 44.7 Å². The van der Waals surface area contributed by atoms with Gasteiger partial charge in [0.05, 0.1) is 13.2 Å². The third kappa shape index (κ3) is 6.25. The van der Waals surface area contributed by atoms with E-state index >= 15 is 0 Å². The lowest BCUT2D eigenvalue weighted by atomic mass is 10.0. The normalized spacial score (nSPS) is 20.2. The van der Waals surface area contributed by atoms with Crippen molar-refractivity contribution in [1.29, 1.82) is 0 Å². The SMILES string of the molecule is CC(C)C#Cc1ccc2c(c1)O[C@H](CN(C)C(=O)c1cccc(F)c1)[C@@H](C)CN([C@@H](C)CO)S2(=O)=O. The van der Waals surface area contributed by atoms with Gasteiger partial charge in [0.25, 0.3) is 5.91 Å². The number of ether oxygens (including phenoxy) is 1. The molecule has 1 aliphatic rings. The monoisotopic (exact) mass is 516 g/mol. The Morgan fingerprint density at radius 3 is 2.61 bits per heavy atom. The highest BCUT2D eigenvalue weighted by atomic mass is 32.2. The second kappa shape index (κ2) is 11.4. The minimum atomic E-state index is -3.97. The molecule has 7 nitrogen and oxygen atoms in total. The molecule has 9 heteroatoms. The van der Waals surface area contributed by atoms with Crippen LogP contribution in [0.15, 0.2) is 47.4 Å². The number of nitrogens with zero attached hydrogens (tertiary/aromatic N) is 2. The summed E-state index contributed by atoms with van der Waals surface area (Å²) < 4.78 is 48.3. The van der Waals surface area contributed by atoms with Gasteiger partial charge in [-0.05, 0) is 43.3 Å². The van der Waals surface area contributed by atoms with Crippen molar-refractivity contribution in [1.82, 2.24) is 9.21 Å². The molecule has 2 aromatic carbocycles. The number of aliphatic hydroxyl groups is 1. The summed E-state index contributed by atoms with van der Waals surface area (Å²) in [5.74, 6) is 5.15. The highest BCUT2D eigenvalue weighted by molar-refractivity contribution is 7.89. The summed E-state index contributed by atoms with van der Waals surface area (Å²) >= 11 is 0. The van der Waals surface area contributed by atoms with E-state index in [9.17, 15) is 22.7 Å². The predicted octanol–water partition coefficient (Wildman–Crippen LogP) is 3.37. The van der Waals surface area contributed by atoms with Crippen molar-refractivity contribution < 1.29 is 27.4 Å². The average Bonchev–Trinajstić information content (AvgIpc) is 2.83. The van der Waals surface area contributed by atoms with Gasteiger partial charge < -0.3 is 14.7 Å². The molecule has 1 N–H and O–H groups in total. The van der Waals surface area contributed by atoms with Crippen LogP contribution in [0.5, 0.6) is 5.75 Å². The Labute approximate surface area is 212 Å². The van der Waals surface area contributed by atoms with Gasteiger partial charge in [0, 0.05) is 42.6 Å². The van der Waals surface area contributed by atoms with Crippen LogP contribution in [-0.4, -0.2) is 67.5 Å². The number of carbonyl (C=O) groups excluding carboxylic acids is 1. The molecule has 0 saturated heterocycles. The van der Waals surface area contributed by atoms with Crippen LogP contribution in [0.25, 0.3) is 0 Å². The molecule has 0 bridgehead atoms. The lowest BCUT2D eigenvalue weighted by Gasteiger charge is -2.37. The number of hydrogen-bond donors (Lipinski definition) is 1. The van der Waals surface area contributed by atoms with Crippen LogP contribution in [0.4, 0.5) is 4.39 Å². The van der Waals surface area contributed by atoms with Crippen molar-refractivity contribution in [2.75, 3.05) is 26.7 Å². The smallest absolute Gasteiger partial charge is 0.253 e. The van der Waals surface area contributed by atoms with Gasteiger partial charge in [0.2, 0.25) is 10.0 Å². The van der Waals surface area contributed by atoms with E-state index in [2.05, 4.69) is 11.8 Å². The number of carbonyl (C=O) groups is 1. The average molecular weight is 517 g/mol. The quantitative estimate of drug-likeness (QED) is 0.616. The molecule has 0 fully saturated rings. The van der Waals surface area contributed by atoms with Crippen LogP contribution in [0.2, 0.25) is 0 Å². The Morgan fingerprint density at radius 1 is 1.25 bits per heavy atom. The lowest BCUT2D eigenvalue weighted by molar-refractivity contribution is 0.0563. The van der Waals surface area contributed by atoms with Crippen LogP contribution in [0.3, 0.4) is 0 Å². The van der Waals surface area contributed by atoms with Crippen molar-refractivity contribution >= 4 is 15.9 Å². The molecule has 1 heterocycles. The summed E-state index contributed by atoms with van der Waals surface area (Å²) in [7, 11) is -2.38. The van der Waals surface area contributed by atoms with E-state index < -0.39 is 28.0 Å². The fraction of sp³-hybridized carbons (Fsp3) is 0.444. The Bertz CT molecular complexity index is 1270. The van der Waals surface area contributed by atoms with Crippen molar-refractivity contribution in [3.63, 3.8) is 0 Å². The van der Waals surface area contributed by atoms with Gasteiger partial charge in [-0.15, -0.1) is 0 Å². The Kier molecular flexibility index (Phi) is 8.77. The number of benzene rings is 2. The number of aliphatic hydroxyl groups excluding tert-OH is 1. The molecule has 0 aromatic heterocycles. The minimum absolute atomic E-state index is 0.0195. The molecule has 0 aliphatic carbocycles. The molecular formula is C27H33FN2O5S. The third-order valence-electron chi connectivity index (χ3n) is 6.04. The summed E-state index contributed by atoms with van der Waals surface area (Å²) in [5, 5.41) is 9.78. The van der Waals surface area contributed by atoms with Crippen molar-refractivity contribution in [2.24, 2.45) is 11.8 Å². The summed E-state index contributed by atoms with van der Waals surface area (Å²) in [5.41, 5.74) is 0.816. The molecule has 2 aromatic rings. The van der Waals surface area contributed by atoms with Crippen LogP contribution in [-0.2, 0) is 10.0 Å². The maximum absolute atomic E-state index is 13.7. The van der Waals surface area contributed by atoms with Gasteiger partial charge in [-0.3, -0.25) is 4.79 Å². The zero-order chi connectivity index (χ0) is 26.6. The number of halogens is 1. The number of rotatable bonds is 5. The molecule has 0 saturated carbocycles. The van der Waals surface area contributed by atoms with E-state index in [4.69, 9.17) is 4.74 Å². The van der Waals surface area contributed by atoms with Gasteiger partial charge >= 0.3 is 0 Å². The van der Waals surface area contributed by atoms with E-state index in [0.717, 1.165) is 0 Å². The summed E-state index contributed by atoms with van der Waals surface area (Å²) in [6.07, 6.45) is -0.580. The zero-order valence-electron chi connectivity index (χ0n) is 21.2. The number of fused-ring (bicyclic) bond motifs is 1. The van der Waals surface area contributed by atoms with Gasteiger partial charge in [-0.1, -0.05) is 38.7 Å². The van der Waals surface area contributed by atoms with Crippen LogP contribution in [0.1, 0.15) is 43.6 Å². The second-order valence-corrected chi connectivity index (χ2v) is 11.4. The number of sulfonamides is 1. The highest BCUT2D eigenvalue weighted by Crippen LogP contribution is 2.34. The van der Waals surface area contributed by atoms with Gasteiger partial charge in [-0.25, -0.2) is 12.8 Å². The van der Waals surface area contributed by atoms with E-state index in [-0.39, 0.29) is 53.6 Å². The fourth-order valence-electron chi connectivity index (χ4n) is 3.94. The molecule has 1 amide bonds. The topological polar surface area (TPSA) is 87.2 Å². The molecular weight excluding hydrogens is 483 g/mol. The molecule has 36 heavy (non-hydrogen) atoms. The first-order valence-corrected chi connectivity index (χ1v) is 13.3. The first kappa shape index (κ1) is 27.7. The maximum Gasteiger partial charge on any atom is 0.253 e. The maximum atomic E-state index is 13.7. The first-order chi connectivity index (χ1) is 16.9. The van der Waals surface area contributed by atoms with Gasteiger partial charge in [0.15, 0.2) is 0 Å². The Hall–Kier alpha value is -2.93. The largest absolute Gasteiger partial charge is 0.487 e. The molecule has 3 atom stereocenters. The number of likely N-dealkylation sites (N-methyl/N-ethyl adjacent to an activating group) is 1. The summed E-state index contributed by atoms with van der Waals surface area (Å²) in [6, 6.07) is 9.51.